The predicted octanol–water partition coefficient (Wildman–Crippen LogP) is 5.48. The number of Topliss-reactive ketones (excluding diaryl/α,β-unsaturated/α-hetero) is 1. The van der Waals surface area contributed by atoms with E-state index >= 15 is 0 Å². The molecule has 1 saturated carbocycles. The van der Waals surface area contributed by atoms with E-state index in [1.165, 1.54) is 10.9 Å². The van der Waals surface area contributed by atoms with Gasteiger partial charge in [-0.2, -0.15) is 0 Å². The highest BCUT2D eigenvalue weighted by molar-refractivity contribution is 6.05. The van der Waals surface area contributed by atoms with Crippen LogP contribution in [0.25, 0.3) is 21.9 Å². The molecule has 0 spiro atoms. The minimum atomic E-state index is 0.0851. The van der Waals surface area contributed by atoms with Gasteiger partial charge >= 0.3 is 0 Å². The molecule has 0 bridgehead atoms. The van der Waals surface area contributed by atoms with Crippen LogP contribution in [0.1, 0.15) is 70.8 Å². The summed E-state index contributed by atoms with van der Waals surface area (Å²) in [5.74, 6) is 1.42. The van der Waals surface area contributed by atoms with Crippen molar-refractivity contribution in [3.63, 3.8) is 0 Å². The van der Waals surface area contributed by atoms with E-state index in [0.29, 0.717) is 36.2 Å². The summed E-state index contributed by atoms with van der Waals surface area (Å²) >= 11 is 0. The van der Waals surface area contributed by atoms with Gasteiger partial charge in [0.25, 0.3) is 0 Å². The number of H-pyrrole nitrogens is 1. The number of nitrogens with zero attached hydrogens (tertiary/aromatic N) is 3. The molecule has 4 unspecified atom stereocenters. The molecule has 2 fully saturated rings. The first-order valence-corrected chi connectivity index (χ1v) is 13.1. The number of aromatic amines is 1. The maximum atomic E-state index is 13.2. The lowest BCUT2D eigenvalue weighted by molar-refractivity contribution is -0.127. The number of carbonyl (C=O) groups excluding carboxylic acids is 1. The molecule has 1 aliphatic heterocycles. The number of aromatic nitrogens is 3. The summed E-state index contributed by atoms with van der Waals surface area (Å²) in [6.07, 6.45) is 12.0. The Morgan fingerprint density at radius 1 is 1.24 bits per heavy atom. The maximum Gasteiger partial charge on any atom is 0.159 e. The van der Waals surface area contributed by atoms with Gasteiger partial charge in [-0.25, -0.2) is 9.97 Å². The van der Waals surface area contributed by atoms with E-state index in [9.17, 15) is 4.79 Å². The molecule has 4 atom stereocenters. The summed E-state index contributed by atoms with van der Waals surface area (Å²) in [6, 6.07) is 4.61. The highest BCUT2D eigenvalue weighted by atomic mass is 16.5. The van der Waals surface area contributed by atoms with Crippen molar-refractivity contribution in [2.24, 2.45) is 11.8 Å². The van der Waals surface area contributed by atoms with E-state index in [1.54, 1.807) is 0 Å². The van der Waals surface area contributed by atoms with Gasteiger partial charge in [-0.15, -0.1) is 0 Å². The zero-order valence-corrected chi connectivity index (χ0v) is 20.8. The smallest absolute Gasteiger partial charge is 0.159 e. The summed E-state index contributed by atoms with van der Waals surface area (Å²) in [5.41, 5.74) is 3.17. The Bertz CT molecular complexity index is 1140. The molecule has 6 heteroatoms. The number of ether oxygens (including phenoxy) is 1. The molecule has 0 aromatic carbocycles. The van der Waals surface area contributed by atoms with Gasteiger partial charge in [0.1, 0.15) is 5.78 Å². The number of pyridine rings is 2. The molecule has 3 aromatic rings. The number of hydrogen-bond donors (Lipinski definition) is 1. The van der Waals surface area contributed by atoms with E-state index in [-0.39, 0.29) is 5.92 Å². The molecule has 2 aliphatic rings. The number of nitrogens with one attached hydrogen (secondary N) is 1. The van der Waals surface area contributed by atoms with Crippen molar-refractivity contribution in [3.8, 4) is 0 Å². The van der Waals surface area contributed by atoms with E-state index in [2.05, 4.69) is 45.8 Å². The lowest BCUT2D eigenvalue weighted by Crippen LogP contribution is -2.52. The quantitative estimate of drug-likeness (QED) is 0.503. The Morgan fingerprint density at radius 2 is 2.12 bits per heavy atom. The Morgan fingerprint density at radius 3 is 2.94 bits per heavy atom. The average molecular weight is 463 g/mol. The first kappa shape index (κ1) is 23.4. The van der Waals surface area contributed by atoms with Crippen molar-refractivity contribution >= 4 is 27.7 Å². The second-order valence-electron chi connectivity index (χ2n) is 10.7. The van der Waals surface area contributed by atoms with E-state index < -0.39 is 0 Å². The minimum Gasteiger partial charge on any atom is -0.377 e. The van der Waals surface area contributed by atoms with E-state index in [0.717, 1.165) is 68.4 Å². The highest BCUT2D eigenvalue weighted by Gasteiger charge is 2.40. The van der Waals surface area contributed by atoms with Gasteiger partial charge in [-0.3, -0.25) is 9.69 Å². The first-order valence-electron chi connectivity index (χ1n) is 13.1. The normalized spacial score (nSPS) is 26.5. The van der Waals surface area contributed by atoms with E-state index in [4.69, 9.17) is 4.74 Å². The predicted molar refractivity (Wildman–Crippen MR) is 136 cm³/mol. The SMILES string of the molecule is CCC(=O)C1CC(c2cc[nH]c3cnc4nccc4c23)CCC1N1CCCC(OCC(C)C)C1. The number of piperidine rings is 1. The summed E-state index contributed by atoms with van der Waals surface area (Å²) in [5, 5.41) is 2.32. The zero-order valence-electron chi connectivity index (χ0n) is 20.8. The van der Waals surface area contributed by atoms with Crippen molar-refractivity contribution < 1.29 is 9.53 Å². The lowest BCUT2D eigenvalue weighted by Gasteiger charge is -2.45. The summed E-state index contributed by atoms with van der Waals surface area (Å²) in [4.78, 5) is 28.1. The fourth-order valence-electron chi connectivity index (χ4n) is 6.24. The van der Waals surface area contributed by atoms with Gasteiger partial charge in [0, 0.05) is 54.7 Å². The maximum absolute atomic E-state index is 13.2. The van der Waals surface area contributed by atoms with Crippen molar-refractivity contribution in [2.45, 2.75) is 77.4 Å². The van der Waals surface area contributed by atoms with Crippen LogP contribution in [-0.4, -0.2) is 57.5 Å². The largest absolute Gasteiger partial charge is 0.377 e. The third kappa shape index (κ3) is 4.63. The first-order chi connectivity index (χ1) is 16.5. The number of hydrogen-bond acceptors (Lipinski definition) is 5. The molecule has 1 N–H and O–H groups in total. The Kier molecular flexibility index (Phi) is 6.98. The molecule has 0 radical (unpaired) electrons. The summed E-state index contributed by atoms with van der Waals surface area (Å²) in [7, 11) is 0. The number of rotatable bonds is 7. The second kappa shape index (κ2) is 10.1. The molecule has 4 heterocycles. The van der Waals surface area contributed by atoms with Crippen molar-refractivity contribution in [3.05, 3.63) is 36.3 Å². The van der Waals surface area contributed by atoms with Crippen LogP contribution in [0.3, 0.4) is 0 Å². The molecule has 182 valence electrons. The Balaban J connectivity index is 1.40. The zero-order chi connectivity index (χ0) is 23.7. The molecular formula is C28H38N4O2. The van der Waals surface area contributed by atoms with Gasteiger partial charge in [-0.1, -0.05) is 20.8 Å². The van der Waals surface area contributed by atoms with Crippen molar-refractivity contribution in [1.29, 1.82) is 0 Å². The van der Waals surface area contributed by atoms with Crippen LogP contribution < -0.4 is 0 Å². The fraction of sp³-hybridized carbons (Fsp3) is 0.607. The van der Waals surface area contributed by atoms with Gasteiger partial charge in [0.05, 0.1) is 17.8 Å². The van der Waals surface area contributed by atoms with Gasteiger partial charge in [-0.05, 0) is 68.2 Å². The van der Waals surface area contributed by atoms with Crippen LogP contribution in [0.2, 0.25) is 0 Å². The molecule has 1 aliphatic carbocycles. The van der Waals surface area contributed by atoms with Crippen molar-refractivity contribution in [1.82, 2.24) is 19.9 Å². The highest BCUT2D eigenvalue weighted by Crippen LogP contribution is 2.43. The topological polar surface area (TPSA) is 71.1 Å². The molecule has 5 rings (SSSR count). The van der Waals surface area contributed by atoms with Crippen LogP contribution in [-0.2, 0) is 9.53 Å². The standard InChI is InChI=1S/C28H38N4O2/c1-4-26(33)23-14-19(7-8-25(23)32-13-5-6-20(16-32)34-17-18(2)3)21-9-11-29-24-15-31-28-22(27(21)24)10-12-30-28/h9-12,15,18-20,23,25,29H,4-8,13-14,16-17H2,1-3H3. The van der Waals surface area contributed by atoms with Crippen LogP contribution in [0.5, 0.6) is 0 Å². The lowest BCUT2D eigenvalue weighted by atomic mass is 9.71. The molecule has 6 nitrogen and oxygen atoms in total. The average Bonchev–Trinajstić information content (AvgIpc) is 3.36. The Hall–Kier alpha value is -2.31. The summed E-state index contributed by atoms with van der Waals surface area (Å²) < 4.78 is 6.22. The number of likely N-dealkylation sites (tertiary alicyclic amines) is 1. The molecule has 3 aromatic heterocycles. The van der Waals surface area contributed by atoms with Gasteiger partial charge in [0.15, 0.2) is 5.65 Å². The number of carbonyl (C=O) groups is 1. The summed E-state index contributed by atoms with van der Waals surface area (Å²) in [6.45, 7) is 9.30. The van der Waals surface area contributed by atoms with E-state index in [1.807, 2.05) is 25.5 Å². The molecule has 34 heavy (non-hydrogen) atoms. The number of fused-ring (bicyclic) bond motifs is 3. The number of ketones is 1. The van der Waals surface area contributed by atoms with Crippen LogP contribution in [0, 0.1) is 11.8 Å². The third-order valence-corrected chi connectivity index (χ3v) is 7.88. The van der Waals surface area contributed by atoms with Gasteiger partial charge < -0.3 is 9.72 Å². The second-order valence-corrected chi connectivity index (χ2v) is 10.7. The third-order valence-electron chi connectivity index (χ3n) is 7.88. The fourth-order valence-corrected chi connectivity index (χ4v) is 6.24. The monoisotopic (exact) mass is 462 g/mol. The van der Waals surface area contributed by atoms with Crippen LogP contribution >= 0.6 is 0 Å². The molecule has 1 saturated heterocycles. The van der Waals surface area contributed by atoms with Crippen LogP contribution in [0.15, 0.2) is 30.7 Å². The molecule has 0 amide bonds. The van der Waals surface area contributed by atoms with Crippen LogP contribution in [0.4, 0.5) is 0 Å². The van der Waals surface area contributed by atoms with Crippen molar-refractivity contribution in [2.75, 3.05) is 19.7 Å². The minimum absolute atomic E-state index is 0.0851. The molecular weight excluding hydrogens is 424 g/mol. The van der Waals surface area contributed by atoms with Gasteiger partial charge in [0.2, 0.25) is 0 Å². The Labute approximate surface area is 202 Å².